The molecule has 0 aliphatic heterocycles. The molecule has 2 aromatic rings. The first-order chi connectivity index (χ1) is 13.1. The maximum absolute atomic E-state index is 12.8. The van der Waals surface area contributed by atoms with Gasteiger partial charge in [0.05, 0.1) is 31.9 Å². The Morgan fingerprint density at radius 3 is 2.56 bits per heavy atom. The molecular weight excluding hydrogens is 350 g/mol. The molecule has 0 aliphatic rings. The smallest absolute Gasteiger partial charge is 0.257 e. The van der Waals surface area contributed by atoms with Crippen LogP contribution in [0.15, 0.2) is 30.5 Å². The third-order valence-corrected chi connectivity index (χ3v) is 3.69. The van der Waals surface area contributed by atoms with E-state index < -0.39 is 0 Å². The number of aromatic nitrogens is 2. The van der Waals surface area contributed by atoms with E-state index in [1.165, 1.54) is 20.4 Å². The Kier molecular flexibility index (Phi) is 7.54. The lowest BCUT2D eigenvalue weighted by Gasteiger charge is -2.17. The summed E-state index contributed by atoms with van der Waals surface area (Å²) in [6, 6.07) is 6.62. The summed E-state index contributed by atoms with van der Waals surface area (Å²) in [6.07, 6.45) is 2.39. The summed E-state index contributed by atoms with van der Waals surface area (Å²) in [5.74, 6) is 0.301. The summed E-state index contributed by atoms with van der Waals surface area (Å²) in [5, 5.41) is 10.4. The summed E-state index contributed by atoms with van der Waals surface area (Å²) in [4.78, 5) is 24.7. The first-order valence-electron chi connectivity index (χ1n) is 8.54. The van der Waals surface area contributed by atoms with Gasteiger partial charge in [-0.25, -0.2) is 0 Å². The van der Waals surface area contributed by atoms with Crippen molar-refractivity contribution in [1.82, 2.24) is 15.5 Å². The van der Waals surface area contributed by atoms with E-state index in [9.17, 15) is 9.59 Å². The third kappa shape index (κ3) is 5.40. The fourth-order valence-electron chi connectivity index (χ4n) is 2.40. The van der Waals surface area contributed by atoms with Crippen molar-refractivity contribution in [3.8, 4) is 17.2 Å². The molecule has 0 saturated heterocycles. The van der Waals surface area contributed by atoms with Gasteiger partial charge in [-0.2, -0.15) is 10.2 Å². The normalized spacial score (nSPS) is 10.2. The average Bonchev–Trinajstić information content (AvgIpc) is 2.70. The Labute approximate surface area is 157 Å². The van der Waals surface area contributed by atoms with Crippen molar-refractivity contribution < 1.29 is 23.8 Å². The van der Waals surface area contributed by atoms with Crippen LogP contribution in [0.5, 0.6) is 17.2 Å². The van der Waals surface area contributed by atoms with Crippen molar-refractivity contribution in [2.45, 2.75) is 19.8 Å². The van der Waals surface area contributed by atoms with Gasteiger partial charge in [0.2, 0.25) is 5.75 Å². The van der Waals surface area contributed by atoms with E-state index in [4.69, 9.17) is 14.2 Å². The highest BCUT2D eigenvalue weighted by Gasteiger charge is 2.22. The minimum atomic E-state index is -0.283. The van der Waals surface area contributed by atoms with E-state index in [-0.39, 0.29) is 41.8 Å². The molecule has 1 aromatic carbocycles. The maximum Gasteiger partial charge on any atom is 0.257 e. The highest BCUT2D eigenvalue weighted by atomic mass is 16.5. The zero-order valence-electron chi connectivity index (χ0n) is 15.7. The largest absolute Gasteiger partial charge is 0.493 e. The summed E-state index contributed by atoms with van der Waals surface area (Å²) >= 11 is 0. The van der Waals surface area contributed by atoms with Crippen LogP contribution < -0.4 is 19.5 Å². The third-order valence-electron chi connectivity index (χ3n) is 3.69. The number of hydrogen-bond acceptors (Lipinski definition) is 7. The van der Waals surface area contributed by atoms with Crippen LogP contribution in [0.25, 0.3) is 0 Å². The van der Waals surface area contributed by atoms with Gasteiger partial charge in [-0.3, -0.25) is 9.59 Å². The van der Waals surface area contributed by atoms with Gasteiger partial charge in [-0.15, -0.1) is 0 Å². The molecular formula is C19H23N3O5. The van der Waals surface area contributed by atoms with Crippen molar-refractivity contribution >= 4 is 11.7 Å². The molecule has 0 atom stereocenters. The summed E-state index contributed by atoms with van der Waals surface area (Å²) in [7, 11) is 2.93. The second kappa shape index (κ2) is 10.1. The number of ether oxygens (including phenoxy) is 3. The van der Waals surface area contributed by atoms with Crippen molar-refractivity contribution in [2.24, 2.45) is 0 Å². The zero-order valence-corrected chi connectivity index (χ0v) is 15.7. The molecule has 0 saturated carbocycles. The van der Waals surface area contributed by atoms with Crippen LogP contribution in [-0.2, 0) is 11.2 Å². The predicted octanol–water partition coefficient (Wildman–Crippen LogP) is 1.82. The summed E-state index contributed by atoms with van der Waals surface area (Å²) in [5.41, 5.74) is 0.811. The van der Waals surface area contributed by atoms with E-state index in [1.807, 2.05) is 6.92 Å². The lowest BCUT2D eigenvalue weighted by Crippen LogP contribution is -2.29. The minimum absolute atomic E-state index is 0.0434. The van der Waals surface area contributed by atoms with Gasteiger partial charge in [-0.1, -0.05) is 6.92 Å². The Balaban J connectivity index is 2.29. The van der Waals surface area contributed by atoms with E-state index >= 15 is 0 Å². The number of nitrogens with one attached hydrogen (secondary N) is 1. The van der Waals surface area contributed by atoms with Crippen molar-refractivity contribution in [3.05, 3.63) is 41.7 Å². The molecule has 27 heavy (non-hydrogen) atoms. The van der Waals surface area contributed by atoms with Gasteiger partial charge in [0.1, 0.15) is 0 Å². The molecule has 1 heterocycles. The van der Waals surface area contributed by atoms with Crippen LogP contribution in [0.3, 0.4) is 0 Å². The van der Waals surface area contributed by atoms with Gasteiger partial charge >= 0.3 is 0 Å². The van der Waals surface area contributed by atoms with Crippen molar-refractivity contribution in [3.63, 3.8) is 0 Å². The van der Waals surface area contributed by atoms with Gasteiger partial charge in [0.15, 0.2) is 23.9 Å². The first-order valence-corrected chi connectivity index (χ1v) is 8.54. The molecule has 2 rings (SSSR count). The molecule has 0 aliphatic carbocycles. The van der Waals surface area contributed by atoms with Gasteiger partial charge in [-0.05, 0) is 30.7 Å². The highest BCUT2D eigenvalue weighted by molar-refractivity contribution is 6.01. The Hall–Kier alpha value is -3.16. The Morgan fingerprint density at radius 2 is 1.93 bits per heavy atom. The molecule has 0 fully saturated rings. The van der Waals surface area contributed by atoms with E-state index in [1.54, 1.807) is 24.3 Å². The molecule has 8 nitrogen and oxygen atoms in total. The number of carbonyl (C=O) groups is 2. The molecule has 0 spiro atoms. The van der Waals surface area contributed by atoms with Gasteiger partial charge in [0.25, 0.3) is 5.91 Å². The quantitative estimate of drug-likeness (QED) is 0.634. The number of rotatable bonds is 10. The van der Waals surface area contributed by atoms with Crippen LogP contribution in [0.2, 0.25) is 0 Å². The molecule has 8 heteroatoms. The molecule has 1 N–H and O–H groups in total. The topological polar surface area (TPSA) is 99.6 Å². The van der Waals surface area contributed by atoms with Crippen molar-refractivity contribution in [1.29, 1.82) is 0 Å². The lowest BCUT2D eigenvalue weighted by molar-refractivity contribution is -0.123. The standard InChI is InChI=1S/C19H23N3O5/c1-4-9-20-17(24)12-27-18-14(7-8-16(25-2)19(18)26-3)15(23)11-13-6-5-10-21-22-13/h5-8,10H,4,9,11-12H2,1-3H3,(H,20,24). The van der Waals surface area contributed by atoms with E-state index in [0.717, 1.165) is 6.42 Å². The van der Waals surface area contributed by atoms with Crippen LogP contribution in [-0.4, -0.2) is 49.3 Å². The lowest BCUT2D eigenvalue weighted by atomic mass is 10.0. The monoisotopic (exact) mass is 373 g/mol. The first kappa shape index (κ1) is 20.2. The van der Waals surface area contributed by atoms with Crippen molar-refractivity contribution in [2.75, 3.05) is 27.4 Å². The number of hydrogen-bond donors (Lipinski definition) is 1. The highest BCUT2D eigenvalue weighted by Crippen LogP contribution is 2.40. The SMILES string of the molecule is CCCNC(=O)COc1c(C(=O)Cc2cccnn2)ccc(OC)c1OC. The van der Waals surface area contributed by atoms with Crippen LogP contribution in [0.4, 0.5) is 0 Å². The second-order valence-electron chi connectivity index (χ2n) is 5.63. The second-order valence-corrected chi connectivity index (χ2v) is 5.63. The van der Waals surface area contributed by atoms with Gasteiger partial charge in [0, 0.05) is 12.7 Å². The predicted molar refractivity (Wildman–Crippen MR) is 98.4 cm³/mol. The number of nitrogens with zero attached hydrogens (tertiary/aromatic N) is 2. The molecule has 0 bridgehead atoms. The number of benzene rings is 1. The molecule has 1 amide bonds. The average molecular weight is 373 g/mol. The summed E-state index contributed by atoms with van der Waals surface area (Å²) < 4.78 is 16.3. The number of ketones is 1. The molecule has 0 radical (unpaired) electrons. The van der Waals surface area contributed by atoms with Crippen LogP contribution in [0, 0.1) is 0 Å². The number of methoxy groups -OCH3 is 2. The Bertz CT molecular complexity index is 780. The van der Waals surface area contributed by atoms with E-state index in [2.05, 4.69) is 15.5 Å². The molecule has 144 valence electrons. The van der Waals surface area contributed by atoms with Gasteiger partial charge < -0.3 is 19.5 Å². The number of Topliss-reactive ketones (excluding diaryl/α,β-unsaturated/α-hetero) is 1. The fraction of sp³-hybridized carbons (Fsp3) is 0.368. The minimum Gasteiger partial charge on any atom is -0.493 e. The molecule has 0 unspecified atom stereocenters. The maximum atomic E-state index is 12.8. The van der Waals surface area contributed by atoms with E-state index in [0.29, 0.717) is 18.0 Å². The molecule has 1 aromatic heterocycles. The van der Waals surface area contributed by atoms with Crippen LogP contribution in [0.1, 0.15) is 29.4 Å². The summed E-state index contributed by atoms with van der Waals surface area (Å²) in [6.45, 7) is 2.26. The number of carbonyl (C=O) groups excluding carboxylic acids is 2. The fourth-order valence-corrected chi connectivity index (χ4v) is 2.40. The van der Waals surface area contributed by atoms with Crippen LogP contribution >= 0.6 is 0 Å². The Morgan fingerprint density at radius 1 is 1.11 bits per heavy atom. The number of amides is 1. The zero-order chi connectivity index (χ0) is 19.6.